The Hall–Kier alpha value is -2.54. The number of benzene rings is 2. The van der Waals surface area contributed by atoms with E-state index in [9.17, 15) is 13.2 Å². The molecule has 0 bridgehead atoms. The number of para-hydroxylation sites is 2. The summed E-state index contributed by atoms with van der Waals surface area (Å²) in [6.07, 6.45) is 0. The molecule has 0 fully saturated rings. The fraction of sp³-hybridized carbons (Fsp3) is 0.316. The summed E-state index contributed by atoms with van der Waals surface area (Å²) in [5, 5.41) is 2.82. The first-order valence-corrected chi connectivity index (χ1v) is 10.2. The number of hydrogen-bond acceptors (Lipinski definition) is 4. The van der Waals surface area contributed by atoms with Gasteiger partial charge >= 0.3 is 0 Å². The summed E-state index contributed by atoms with van der Waals surface area (Å²) in [6, 6.07) is 13.7. The molecule has 0 atom stereocenters. The fourth-order valence-corrected chi connectivity index (χ4v) is 3.67. The van der Waals surface area contributed by atoms with Crippen LogP contribution in [0.15, 0.2) is 48.5 Å². The van der Waals surface area contributed by atoms with E-state index < -0.39 is 10.0 Å². The molecule has 0 radical (unpaired) electrons. The highest BCUT2D eigenvalue weighted by Gasteiger charge is 2.19. The van der Waals surface area contributed by atoms with E-state index in [4.69, 9.17) is 4.74 Å². The molecule has 0 saturated heterocycles. The third-order valence-corrected chi connectivity index (χ3v) is 5.71. The molecule has 6 nitrogen and oxygen atoms in total. The Bertz CT molecular complexity index is 848. The Balaban J connectivity index is 2.19. The van der Waals surface area contributed by atoms with Gasteiger partial charge in [-0.15, -0.1) is 0 Å². The lowest BCUT2D eigenvalue weighted by molar-refractivity contribution is 0.102. The number of carbonyl (C=O) groups excluding carboxylic acids is 1. The molecule has 7 heteroatoms. The number of hydrogen-bond donors (Lipinski definition) is 1. The zero-order valence-electron chi connectivity index (χ0n) is 15.2. The molecule has 0 saturated carbocycles. The first-order chi connectivity index (χ1) is 12.4. The molecule has 0 aromatic heterocycles. The van der Waals surface area contributed by atoms with Gasteiger partial charge in [0.05, 0.1) is 23.7 Å². The minimum Gasteiger partial charge on any atom is -0.492 e. The molecular formula is C19H24N2O4S. The number of carbonyl (C=O) groups is 1. The van der Waals surface area contributed by atoms with E-state index in [0.717, 1.165) is 0 Å². The van der Waals surface area contributed by atoms with Crippen molar-refractivity contribution >= 4 is 27.3 Å². The summed E-state index contributed by atoms with van der Waals surface area (Å²) in [5.41, 5.74) is 1.57. The number of amides is 1. The van der Waals surface area contributed by atoms with Crippen molar-refractivity contribution in [1.82, 2.24) is 0 Å². The van der Waals surface area contributed by atoms with Gasteiger partial charge in [-0.1, -0.05) is 12.1 Å². The van der Waals surface area contributed by atoms with Crippen molar-refractivity contribution < 1.29 is 17.9 Å². The van der Waals surface area contributed by atoms with Gasteiger partial charge in [-0.25, -0.2) is 8.42 Å². The minimum absolute atomic E-state index is 0.0251. The first kappa shape index (κ1) is 19.8. The molecule has 0 spiro atoms. The maximum Gasteiger partial charge on any atom is 0.255 e. The van der Waals surface area contributed by atoms with Crippen molar-refractivity contribution in [2.75, 3.05) is 28.5 Å². The molecule has 0 heterocycles. The Morgan fingerprint density at radius 3 is 2.27 bits per heavy atom. The monoisotopic (exact) mass is 376 g/mol. The van der Waals surface area contributed by atoms with Crippen LogP contribution in [0.2, 0.25) is 0 Å². The average Bonchev–Trinajstić information content (AvgIpc) is 2.64. The number of sulfonamides is 1. The van der Waals surface area contributed by atoms with Crippen LogP contribution in [0, 0.1) is 0 Å². The van der Waals surface area contributed by atoms with Crippen LogP contribution >= 0.6 is 0 Å². The van der Waals surface area contributed by atoms with Crippen LogP contribution < -0.4 is 14.4 Å². The van der Waals surface area contributed by atoms with E-state index in [1.807, 2.05) is 19.1 Å². The van der Waals surface area contributed by atoms with Crippen molar-refractivity contribution in [3.63, 3.8) is 0 Å². The molecule has 1 amide bonds. The van der Waals surface area contributed by atoms with Crippen LogP contribution in [-0.4, -0.2) is 33.2 Å². The molecule has 2 aromatic carbocycles. The van der Waals surface area contributed by atoms with Crippen molar-refractivity contribution in [3.05, 3.63) is 54.1 Å². The molecule has 140 valence electrons. The number of ether oxygens (including phenoxy) is 1. The molecule has 0 aliphatic rings. The summed E-state index contributed by atoms with van der Waals surface area (Å²) in [5.74, 6) is 0.341. The van der Waals surface area contributed by atoms with Gasteiger partial charge in [0.1, 0.15) is 5.75 Å². The van der Waals surface area contributed by atoms with Gasteiger partial charge in [-0.3, -0.25) is 9.10 Å². The van der Waals surface area contributed by atoms with Gasteiger partial charge in [0, 0.05) is 12.1 Å². The molecule has 1 N–H and O–H groups in total. The van der Waals surface area contributed by atoms with Crippen molar-refractivity contribution in [3.8, 4) is 5.75 Å². The molecule has 0 aliphatic carbocycles. The Morgan fingerprint density at radius 2 is 1.69 bits per heavy atom. The molecule has 0 aliphatic heterocycles. The fourth-order valence-electron chi connectivity index (χ4n) is 2.52. The summed E-state index contributed by atoms with van der Waals surface area (Å²) < 4.78 is 31.1. The molecule has 26 heavy (non-hydrogen) atoms. The Labute approximate surface area is 154 Å². The Morgan fingerprint density at radius 1 is 1.04 bits per heavy atom. The summed E-state index contributed by atoms with van der Waals surface area (Å²) in [7, 11) is -3.34. The Kier molecular flexibility index (Phi) is 6.63. The maximum absolute atomic E-state index is 12.5. The number of nitrogens with zero attached hydrogens (tertiary/aromatic N) is 1. The number of anilines is 2. The van der Waals surface area contributed by atoms with Crippen LogP contribution in [0.25, 0.3) is 0 Å². The van der Waals surface area contributed by atoms with E-state index in [0.29, 0.717) is 35.8 Å². The van der Waals surface area contributed by atoms with Gasteiger partial charge in [-0.2, -0.15) is 0 Å². The molecule has 2 rings (SSSR count). The SMILES string of the molecule is CCOc1ccccc1NC(=O)c1ccc(N(CC)S(=O)(=O)CC)cc1. The lowest BCUT2D eigenvalue weighted by Crippen LogP contribution is -2.32. The van der Waals surface area contributed by atoms with Crippen molar-refractivity contribution in [1.29, 1.82) is 0 Å². The summed E-state index contributed by atoms with van der Waals surface area (Å²) in [4.78, 5) is 12.5. The predicted octanol–water partition coefficient (Wildman–Crippen LogP) is 3.51. The lowest BCUT2D eigenvalue weighted by Gasteiger charge is -2.22. The van der Waals surface area contributed by atoms with E-state index in [1.165, 1.54) is 4.31 Å². The van der Waals surface area contributed by atoms with Crippen molar-refractivity contribution in [2.45, 2.75) is 20.8 Å². The second kappa shape index (κ2) is 8.71. The standard InChI is InChI=1S/C19H24N2O4S/c1-4-21(26(23,24)6-3)16-13-11-15(12-14-16)19(22)20-17-9-7-8-10-18(17)25-5-2/h7-14H,4-6H2,1-3H3,(H,20,22). The average molecular weight is 376 g/mol. The number of rotatable bonds is 8. The van der Waals surface area contributed by atoms with Crippen LogP contribution in [0.1, 0.15) is 31.1 Å². The first-order valence-electron chi connectivity index (χ1n) is 8.56. The third-order valence-electron chi connectivity index (χ3n) is 3.84. The maximum atomic E-state index is 12.5. The molecule has 2 aromatic rings. The topological polar surface area (TPSA) is 75.7 Å². The summed E-state index contributed by atoms with van der Waals surface area (Å²) >= 11 is 0. The molecular weight excluding hydrogens is 352 g/mol. The second-order valence-electron chi connectivity index (χ2n) is 5.50. The van der Waals surface area contributed by atoms with Gasteiger partial charge in [0.25, 0.3) is 5.91 Å². The van der Waals surface area contributed by atoms with E-state index in [1.54, 1.807) is 50.2 Å². The largest absolute Gasteiger partial charge is 0.492 e. The van der Waals surface area contributed by atoms with Crippen LogP contribution in [0.5, 0.6) is 5.75 Å². The van der Waals surface area contributed by atoms with Gasteiger partial charge in [0.2, 0.25) is 10.0 Å². The van der Waals surface area contributed by atoms with Crippen LogP contribution in [0.4, 0.5) is 11.4 Å². The lowest BCUT2D eigenvalue weighted by atomic mass is 10.2. The third kappa shape index (κ3) is 4.54. The quantitative estimate of drug-likeness (QED) is 0.765. The van der Waals surface area contributed by atoms with E-state index in [-0.39, 0.29) is 11.7 Å². The summed E-state index contributed by atoms with van der Waals surface area (Å²) in [6.45, 7) is 6.10. The highest BCUT2D eigenvalue weighted by atomic mass is 32.2. The van der Waals surface area contributed by atoms with E-state index >= 15 is 0 Å². The highest BCUT2D eigenvalue weighted by molar-refractivity contribution is 7.92. The van der Waals surface area contributed by atoms with Crippen LogP contribution in [0.3, 0.4) is 0 Å². The van der Waals surface area contributed by atoms with E-state index in [2.05, 4.69) is 5.32 Å². The minimum atomic E-state index is -3.34. The second-order valence-corrected chi connectivity index (χ2v) is 7.68. The van der Waals surface area contributed by atoms with Gasteiger partial charge in [-0.05, 0) is 57.2 Å². The number of nitrogens with one attached hydrogen (secondary N) is 1. The van der Waals surface area contributed by atoms with Crippen molar-refractivity contribution in [2.24, 2.45) is 0 Å². The normalized spacial score (nSPS) is 11.0. The highest BCUT2D eigenvalue weighted by Crippen LogP contribution is 2.25. The van der Waals surface area contributed by atoms with Gasteiger partial charge in [0.15, 0.2) is 0 Å². The zero-order valence-corrected chi connectivity index (χ0v) is 16.0. The predicted molar refractivity (Wildman–Crippen MR) is 104 cm³/mol. The van der Waals surface area contributed by atoms with Crippen LogP contribution in [-0.2, 0) is 10.0 Å². The van der Waals surface area contributed by atoms with Gasteiger partial charge < -0.3 is 10.1 Å². The zero-order chi connectivity index (χ0) is 19.2. The smallest absolute Gasteiger partial charge is 0.255 e. The molecule has 0 unspecified atom stereocenters.